The number of hydrogen-bond acceptors (Lipinski definition) is 4. The first-order valence-electron chi connectivity index (χ1n) is 8.11. The maximum atomic E-state index is 9.40. The van der Waals surface area contributed by atoms with E-state index in [1.165, 1.54) is 0 Å². The Hall–Kier alpha value is -0.290. The lowest BCUT2D eigenvalue weighted by Gasteiger charge is -2.32. The average Bonchev–Trinajstić information content (AvgIpc) is 2.58. The van der Waals surface area contributed by atoms with Crippen LogP contribution >= 0.6 is 0 Å². The van der Waals surface area contributed by atoms with E-state index >= 15 is 0 Å². The van der Waals surface area contributed by atoms with Gasteiger partial charge < -0.3 is 19.6 Å². The van der Waals surface area contributed by atoms with Gasteiger partial charge >= 0.3 is 14.2 Å². The summed E-state index contributed by atoms with van der Waals surface area (Å²) in [4.78, 5) is 0. The van der Waals surface area contributed by atoms with E-state index in [1.54, 1.807) is 6.82 Å². The summed E-state index contributed by atoms with van der Waals surface area (Å²) in [5.41, 5.74) is 0.473. The van der Waals surface area contributed by atoms with Gasteiger partial charge in [-0.15, -0.1) is 6.58 Å². The molecule has 6 heteroatoms. The van der Waals surface area contributed by atoms with Crippen LogP contribution in [-0.2, 0) is 9.31 Å². The topological polar surface area (TPSA) is 50.7 Å². The number of allylic oxidation sites excluding steroid dienone is 1. The molecule has 118 valence electrons. The maximum Gasteiger partial charge on any atom is 0.490 e. The van der Waals surface area contributed by atoms with Crippen LogP contribution in [0.4, 0.5) is 0 Å². The molecular formula is C15H29B2NO3. The normalized spacial score (nSPS) is 31.2. The minimum Gasteiger partial charge on any atom is -0.437 e. The molecule has 0 spiro atoms. The predicted octanol–water partition coefficient (Wildman–Crippen LogP) is 2.43. The van der Waals surface area contributed by atoms with Crippen LogP contribution in [0.3, 0.4) is 0 Å². The largest absolute Gasteiger partial charge is 0.490 e. The Morgan fingerprint density at radius 2 is 1.62 bits per heavy atom. The second kappa shape index (κ2) is 6.07. The van der Waals surface area contributed by atoms with Crippen LogP contribution in [0.1, 0.15) is 53.4 Å². The van der Waals surface area contributed by atoms with Gasteiger partial charge in [0.05, 0.1) is 11.2 Å². The number of nitrogens with one attached hydrogen (secondary N) is 1. The highest BCUT2D eigenvalue weighted by Gasteiger charge is 2.52. The zero-order chi connectivity index (χ0) is 15.8. The van der Waals surface area contributed by atoms with Crippen molar-refractivity contribution in [2.24, 2.45) is 5.92 Å². The summed E-state index contributed by atoms with van der Waals surface area (Å²) in [6.07, 6.45) is 4.28. The van der Waals surface area contributed by atoms with Gasteiger partial charge in [-0.2, -0.15) is 0 Å². The van der Waals surface area contributed by atoms with Gasteiger partial charge in [-0.1, -0.05) is 0 Å². The molecule has 0 radical (unpaired) electrons. The second-order valence-electron chi connectivity index (χ2n) is 7.55. The summed E-state index contributed by atoms with van der Waals surface area (Å²) in [6, 6.07) is 0.410. The molecule has 1 aliphatic carbocycles. The van der Waals surface area contributed by atoms with Gasteiger partial charge in [-0.05, 0) is 77.6 Å². The summed E-state index contributed by atoms with van der Waals surface area (Å²) in [6.45, 7) is 14.3. The summed E-state index contributed by atoms with van der Waals surface area (Å²) < 4.78 is 12.2. The van der Waals surface area contributed by atoms with Gasteiger partial charge in [0.25, 0.3) is 0 Å². The quantitative estimate of drug-likeness (QED) is 0.782. The van der Waals surface area contributed by atoms with Crippen molar-refractivity contribution >= 4 is 14.2 Å². The van der Waals surface area contributed by atoms with Gasteiger partial charge in [0, 0.05) is 0 Å². The van der Waals surface area contributed by atoms with E-state index in [-0.39, 0.29) is 18.3 Å². The first-order valence-corrected chi connectivity index (χ1v) is 8.11. The molecule has 0 aromatic heterocycles. The SMILES string of the molecule is C=C(B1OC(C)(C)C(C)(C)O1)C1CCC(NB(C)O)CC1. The van der Waals surface area contributed by atoms with Crippen molar-refractivity contribution in [3.8, 4) is 0 Å². The van der Waals surface area contributed by atoms with Crippen LogP contribution in [0.25, 0.3) is 0 Å². The predicted molar refractivity (Wildman–Crippen MR) is 87.9 cm³/mol. The molecule has 1 saturated heterocycles. The van der Waals surface area contributed by atoms with Gasteiger partial charge in [-0.3, -0.25) is 0 Å². The Morgan fingerprint density at radius 1 is 1.14 bits per heavy atom. The Morgan fingerprint density at radius 3 is 2.05 bits per heavy atom. The van der Waals surface area contributed by atoms with Crippen molar-refractivity contribution < 1.29 is 14.3 Å². The van der Waals surface area contributed by atoms with Gasteiger partial charge in [0.2, 0.25) is 0 Å². The molecule has 0 atom stereocenters. The van der Waals surface area contributed by atoms with E-state index in [9.17, 15) is 5.02 Å². The second-order valence-corrected chi connectivity index (χ2v) is 7.55. The molecule has 0 aromatic carbocycles. The fraction of sp³-hybridized carbons (Fsp3) is 0.867. The maximum absolute atomic E-state index is 9.40. The summed E-state index contributed by atoms with van der Waals surface area (Å²) in [5, 5.41) is 12.6. The van der Waals surface area contributed by atoms with E-state index in [1.807, 2.05) is 0 Å². The Kier molecular flexibility index (Phi) is 4.94. The van der Waals surface area contributed by atoms with Crippen molar-refractivity contribution in [1.29, 1.82) is 0 Å². The molecule has 2 fully saturated rings. The average molecular weight is 293 g/mol. The lowest BCUT2D eigenvalue weighted by atomic mass is 9.66. The first kappa shape index (κ1) is 17.1. The Balaban J connectivity index is 1.89. The van der Waals surface area contributed by atoms with E-state index in [4.69, 9.17) is 9.31 Å². The van der Waals surface area contributed by atoms with E-state index in [0.717, 1.165) is 31.2 Å². The summed E-state index contributed by atoms with van der Waals surface area (Å²) in [5.74, 6) is 0.451. The molecule has 0 aromatic rings. The zero-order valence-electron chi connectivity index (χ0n) is 14.1. The summed E-state index contributed by atoms with van der Waals surface area (Å²) in [7, 11) is -0.723. The third-order valence-corrected chi connectivity index (χ3v) is 5.28. The third kappa shape index (κ3) is 3.73. The van der Waals surface area contributed by atoms with Crippen LogP contribution in [0.15, 0.2) is 12.1 Å². The molecule has 2 rings (SSSR count). The monoisotopic (exact) mass is 293 g/mol. The minimum atomic E-state index is -0.433. The first-order chi connectivity index (χ1) is 9.62. The minimum absolute atomic E-state index is 0.290. The van der Waals surface area contributed by atoms with Gasteiger partial charge in [0.15, 0.2) is 0 Å². The molecule has 1 saturated carbocycles. The molecule has 1 heterocycles. The van der Waals surface area contributed by atoms with Gasteiger partial charge in [0.1, 0.15) is 0 Å². The van der Waals surface area contributed by atoms with Crippen molar-refractivity contribution in [2.45, 2.75) is 77.4 Å². The molecule has 0 unspecified atom stereocenters. The molecule has 2 N–H and O–H groups in total. The molecule has 2 aliphatic rings. The molecule has 21 heavy (non-hydrogen) atoms. The van der Waals surface area contributed by atoms with Crippen molar-refractivity contribution in [2.75, 3.05) is 0 Å². The molecule has 0 bridgehead atoms. The highest BCUT2D eigenvalue weighted by molar-refractivity contribution is 6.54. The van der Waals surface area contributed by atoms with Crippen LogP contribution in [-0.4, -0.2) is 36.4 Å². The fourth-order valence-electron chi connectivity index (χ4n) is 3.16. The lowest BCUT2D eigenvalue weighted by molar-refractivity contribution is 0.00578. The van der Waals surface area contributed by atoms with Crippen molar-refractivity contribution in [1.82, 2.24) is 5.23 Å². The molecule has 0 amide bonds. The van der Waals surface area contributed by atoms with Crippen LogP contribution in [0, 0.1) is 5.92 Å². The molecule has 1 aliphatic heterocycles. The smallest absolute Gasteiger partial charge is 0.437 e. The van der Waals surface area contributed by atoms with Crippen molar-refractivity contribution in [3.63, 3.8) is 0 Å². The highest BCUT2D eigenvalue weighted by Crippen LogP contribution is 2.41. The van der Waals surface area contributed by atoms with E-state index in [0.29, 0.717) is 12.0 Å². The molecular weight excluding hydrogens is 264 g/mol. The Labute approximate surface area is 129 Å². The number of rotatable bonds is 4. The van der Waals surface area contributed by atoms with Crippen LogP contribution < -0.4 is 5.23 Å². The fourth-order valence-corrected chi connectivity index (χ4v) is 3.16. The third-order valence-electron chi connectivity index (χ3n) is 5.28. The molecule has 4 nitrogen and oxygen atoms in total. The van der Waals surface area contributed by atoms with E-state index < -0.39 is 7.05 Å². The summed E-state index contributed by atoms with van der Waals surface area (Å²) >= 11 is 0. The number of hydrogen-bond donors (Lipinski definition) is 2. The van der Waals surface area contributed by atoms with E-state index in [2.05, 4.69) is 39.5 Å². The van der Waals surface area contributed by atoms with Crippen LogP contribution in [0.2, 0.25) is 6.82 Å². The highest BCUT2D eigenvalue weighted by atomic mass is 16.7. The zero-order valence-corrected chi connectivity index (χ0v) is 14.1. The Bertz CT molecular complexity index is 374. The van der Waals surface area contributed by atoms with Gasteiger partial charge in [-0.25, -0.2) is 0 Å². The lowest BCUT2D eigenvalue weighted by Crippen LogP contribution is -2.42. The van der Waals surface area contributed by atoms with Crippen LogP contribution in [0.5, 0.6) is 0 Å². The van der Waals surface area contributed by atoms with Crippen molar-refractivity contribution in [3.05, 3.63) is 12.1 Å². The standard InChI is InChI=1S/C15H29B2NO3/c1-11(17-20-14(2,3)15(4,5)21-17)12-7-9-13(10-8-12)18-16(6)19/h12-13,18-19H,1,7-10H2,2-6H3.